The molecule has 4 rings (SSSR count). The van der Waals surface area contributed by atoms with Crippen molar-refractivity contribution in [1.29, 1.82) is 5.26 Å². The minimum Gasteiger partial charge on any atom is -0.450 e. The number of hydrogen-bond donors (Lipinski definition) is 2. The summed E-state index contributed by atoms with van der Waals surface area (Å²) in [7, 11) is 0. The molecule has 2 aliphatic carbocycles. The van der Waals surface area contributed by atoms with E-state index >= 15 is 0 Å². The van der Waals surface area contributed by atoms with Crippen LogP contribution in [0.3, 0.4) is 0 Å². The predicted molar refractivity (Wildman–Crippen MR) is 112 cm³/mol. The van der Waals surface area contributed by atoms with Crippen molar-refractivity contribution in [2.24, 2.45) is 0 Å². The van der Waals surface area contributed by atoms with Crippen LogP contribution in [0.15, 0.2) is 18.2 Å². The highest BCUT2D eigenvalue weighted by Gasteiger charge is 2.34. The highest BCUT2D eigenvalue weighted by atomic mass is 16.6. The Morgan fingerprint density at radius 3 is 2.38 bits per heavy atom. The van der Waals surface area contributed by atoms with Crippen molar-refractivity contribution in [3.63, 3.8) is 0 Å². The van der Waals surface area contributed by atoms with Gasteiger partial charge in [-0.05, 0) is 43.7 Å². The first kappa shape index (κ1) is 21.2. The van der Waals surface area contributed by atoms with Gasteiger partial charge in [-0.15, -0.1) is 0 Å². The van der Waals surface area contributed by atoms with E-state index in [4.69, 9.17) is 20.1 Å². The average molecular weight is 398 g/mol. The molecule has 1 aromatic heterocycles. The Balaban J connectivity index is 0.000000552. The van der Waals surface area contributed by atoms with Crippen LogP contribution in [0.4, 0.5) is 4.79 Å². The Morgan fingerprint density at radius 2 is 1.79 bits per heavy atom. The maximum Gasteiger partial charge on any atom is 0.503 e. The molecule has 2 N–H and O–H groups in total. The lowest BCUT2D eigenvalue weighted by atomic mass is 9.70. The van der Waals surface area contributed by atoms with Gasteiger partial charge in [-0.3, -0.25) is 4.68 Å². The first-order chi connectivity index (χ1) is 14.0. The van der Waals surface area contributed by atoms with Crippen LogP contribution < -0.4 is 0 Å². The monoisotopic (exact) mass is 397 g/mol. The molecule has 0 spiro atoms. The molecule has 156 valence electrons. The molecule has 0 amide bonds. The van der Waals surface area contributed by atoms with Crippen LogP contribution in [0.1, 0.15) is 88.4 Å². The summed E-state index contributed by atoms with van der Waals surface area (Å²) in [5, 5.41) is 30.2. The molecule has 0 saturated heterocycles. The second kappa shape index (κ2) is 9.30. The molecule has 2 aliphatic rings. The molecule has 1 heterocycles. The summed E-state index contributed by atoms with van der Waals surface area (Å²) in [5.74, 6) is 0. The smallest absolute Gasteiger partial charge is 0.450 e. The van der Waals surface area contributed by atoms with Crippen molar-refractivity contribution >= 4 is 17.1 Å². The molecule has 2 aromatic rings. The molecule has 0 aliphatic heterocycles. The SMILES string of the molecule is CCc1nn(C2CCCCC2)c2cc(C3(C#N)CCCCC3)ccc12.O=C(O)O. The fourth-order valence-corrected chi connectivity index (χ4v) is 4.99. The highest BCUT2D eigenvalue weighted by molar-refractivity contribution is 5.83. The molecule has 0 atom stereocenters. The molecule has 6 heteroatoms. The van der Waals surface area contributed by atoms with Crippen LogP contribution in [0.5, 0.6) is 0 Å². The zero-order valence-corrected chi connectivity index (χ0v) is 17.2. The van der Waals surface area contributed by atoms with Gasteiger partial charge in [-0.25, -0.2) is 4.79 Å². The quantitative estimate of drug-likeness (QED) is 0.656. The fraction of sp³-hybridized carbons (Fsp3) is 0.609. The van der Waals surface area contributed by atoms with Gasteiger partial charge in [-0.2, -0.15) is 10.4 Å². The Bertz CT molecular complexity index is 881. The number of aromatic nitrogens is 2. The van der Waals surface area contributed by atoms with E-state index < -0.39 is 6.16 Å². The van der Waals surface area contributed by atoms with Crippen molar-refractivity contribution < 1.29 is 15.0 Å². The minimum atomic E-state index is -1.83. The zero-order valence-electron chi connectivity index (χ0n) is 17.2. The third-order valence-electron chi connectivity index (χ3n) is 6.51. The number of benzene rings is 1. The molecule has 0 radical (unpaired) electrons. The first-order valence-corrected chi connectivity index (χ1v) is 10.9. The third kappa shape index (κ3) is 4.55. The van der Waals surface area contributed by atoms with Gasteiger partial charge < -0.3 is 10.2 Å². The number of aryl methyl sites for hydroxylation is 1. The summed E-state index contributed by atoms with van der Waals surface area (Å²) in [6, 6.07) is 9.99. The summed E-state index contributed by atoms with van der Waals surface area (Å²) in [5.41, 5.74) is 3.42. The van der Waals surface area contributed by atoms with E-state index in [-0.39, 0.29) is 5.41 Å². The number of hydrogen-bond acceptors (Lipinski definition) is 3. The van der Waals surface area contributed by atoms with Gasteiger partial charge >= 0.3 is 6.16 Å². The standard InChI is InChI=1S/C22H29N3.CH2O3/c1-2-20-19-12-11-17(22(16-23)13-7-4-8-14-22)15-21(19)25(24-20)18-9-5-3-6-10-18;2-1(3)4/h11-12,15,18H,2-10,13-14H2,1H3;(H2,2,3,4). The van der Waals surface area contributed by atoms with Crippen LogP contribution in [-0.2, 0) is 11.8 Å². The zero-order chi connectivity index (χ0) is 20.9. The number of rotatable bonds is 3. The largest absolute Gasteiger partial charge is 0.503 e. The normalized spacial score (nSPS) is 19.2. The van der Waals surface area contributed by atoms with Gasteiger partial charge in [0.2, 0.25) is 0 Å². The molecule has 0 unspecified atom stereocenters. The van der Waals surface area contributed by atoms with Gasteiger partial charge in [0, 0.05) is 5.39 Å². The van der Waals surface area contributed by atoms with E-state index in [0.29, 0.717) is 6.04 Å². The minimum absolute atomic E-state index is 0.277. The first-order valence-electron chi connectivity index (χ1n) is 10.9. The van der Waals surface area contributed by atoms with Crippen LogP contribution in [0.25, 0.3) is 10.9 Å². The van der Waals surface area contributed by atoms with E-state index in [9.17, 15) is 5.26 Å². The number of nitriles is 1. The molecule has 2 saturated carbocycles. The van der Waals surface area contributed by atoms with E-state index in [1.807, 2.05) is 0 Å². The van der Waals surface area contributed by atoms with E-state index in [2.05, 4.69) is 35.9 Å². The Labute approximate surface area is 172 Å². The lowest BCUT2D eigenvalue weighted by Crippen LogP contribution is -2.27. The molecule has 29 heavy (non-hydrogen) atoms. The van der Waals surface area contributed by atoms with Gasteiger partial charge in [0.15, 0.2) is 0 Å². The number of fused-ring (bicyclic) bond motifs is 1. The highest BCUT2D eigenvalue weighted by Crippen LogP contribution is 2.41. The molecule has 0 bridgehead atoms. The lowest BCUT2D eigenvalue weighted by Gasteiger charge is -2.31. The molecule has 1 aromatic carbocycles. The van der Waals surface area contributed by atoms with Crippen LogP contribution in [0, 0.1) is 11.3 Å². The number of nitrogens with zero attached hydrogens (tertiary/aromatic N) is 3. The summed E-state index contributed by atoms with van der Waals surface area (Å²) >= 11 is 0. The topological polar surface area (TPSA) is 99.1 Å². The molecule has 6 nitrogen and oxygen atoms in total. The van der Waals surface area contributed by atoms with Crippen molar-refractivity contribution in [3.8, 4) is 6.07 Å². The Morgan fingerprint density at radius 1 is 1.17 bits per heavy atom. The van der Waals surface area contributed by atoms with Gasteiger partial charge in [0.1, 0.15) is 0 Å². The van der Waals surface area contributed by atoms with Crippen LogP contribution in [-0.4, -0.2) is 26.1 Å². The number of carbonyl (C=O) groups is 1. The molecule has 2 fully saturated rings. The van der Waals surface area contributed by atoms with E-state index in [1.54, 1.807) is 0 Å². The lowest BCUT2D eigenvalue weighted by molar-refractivity contribution is 0.137. The summed E-state index contributed by atoms with van der Waals surface area (Å²) in [4.78, 5) is 8.56. The molecular weight excluding hydrogens is 366 g/mol. The number of carboxylic acid groups (broad SMARTS) is 2. The van der Waals surface area contributed by atoms with Gasteiger partial charge in [-0.1, -0.05) is 57.6 Å². The summed E-state index contributed by atoms with van der Waals surface area (Å²) in [6.45, 7) is 2.19. The molecular formula is C23H31N3O3. The van der Waals surface area contributed by atoms with E-state index in [0.717, 1.165) is 19.3 Å². The van der Waals surface area contributed by atoms with Crippen molar-refractivity contribution in [3.05, 3.63) is 29.5 Å². The Hall–Kier alpha value is -2.55. The summed E-state index contributed by atoms with van der Waals surface area (Å²) < 4.78 is 2.31. The predicted octanol–water partition coefficient (Wildman–Crippen LogP) is 6.05. The van der Waals surface area contributed by atoms with Crippen molar-refractivity contribution in [1.82, 2.24) is 9.78 Å². The maximum atomic E-state index is 9.96. The van der Waals surface area contributed by atoms with Crippen molar-refractivity contribution in [2.75, 3.05) is 0 Å². The summed E-state index contributed by atoms with van der Waals surface area (Å²) in [6.07, 6.45) is 11.2. The van der Waals surface area contributed by atoms with E-state index in [1.165, 1.54) is 73.5 Å². The second-order valence-electron chi connectivity index (χ2n) is 8.31. The maximum absolute atomic E-state index is 9.96. The van der Waals surface area contributed by atoms with Crippen LogP contribution in [0.2, 0.25) is 0 Å². The Kier molecular flexibility index (Phi) is 6.79. The van der Waals surface area contributed by atoms with Crippen LogP contribution >= 0.6 is 0 Å². The van der Waals surface area contributed by atoms with Gasteiger partial charge in [0.05, 0.1) is 28.7 Å². The van der Waals surface area contributed by atoms with Gasteiger partial charge in [0.25, 0.3) is 0 Å². The average Bonchev–Trinajstić information content (AvgIpc) is 3.12. The third-order valence-corrected chi connectivity index (χ3v) is 6.51. The van der Waals surface area contributed by atoms with Crippen molar-refractivity contribution in [2.45, 2.75) is 89.0 Å². The second-order valence-corrected chi connectivity index (χ2v) is 8.31. The fourth-order valence-electron chi connectivity index (χ4n) is 4.99.